The molecule has 5 nitrogen and oxygen atoms in total. The minimum atomic E-state index is -0.549. The quantitative estimate of drug-likeness (QED) is 0.394. The first kappa shape index (κ1) is 18.0. The summed E-state index contributed by atoms with van der Waals surface area (Å²) in [5.41, 5.74) is 4.63. The summed E-state index contributed by atoms with van der Waals surface area (Å²) in [6.45, 7) is 0. The number of methoxy groups -OCH3 is 1. The van der Waals surface area contributed by atoms with Crippen molar-refractivity contribution in [3.05, 3.63) is 54.1 Å². The smallest absolute Gasteiger partial charge is 0.243 e. The monoisotopic (exact) mass is 329 g/mol. The highest BCUT2D eigenvalue weighted by Gasteiger charge is 2.08. The third-order valence-corrected chi connectivity index (χ3v) is 3.97. The van der Waals surface area contributed by atoms with Gasteiger partial charge >= 0.3 is 0 Å². The van der Waals surface area contributed by atoms with E-state index in [9.17, 15) is 9.90 Å². The van der Waals surface area contributed by atoms with Gasteiger partial charge in [-0.3, -0.25) is 10.0 Å². The van der Waals surface area contributed by atoms with Gasteiger partial charge in [-0.25, -0.2) is 5.48 Å². The van der Waals surface area contributed by atoms with Crippen molar-refractivity contribution in [1.82, 2.24) is 5.48 Å². The highest BCUT2D eigenvalue weighted by atomic mass is 16.5. The lowest BCUT2D eigenvalue weighted by Gasteiger charge is -2.12. The molecule has 0 spiro atoms. The molecule has 3 N–H and O–H groups in total. The number of carbonyl (C=O) groups excluding carboxylic acids is 1. The maximum absolute atomic E-state index is 10.9. The van der Waals surface area contributed by atoms with E-state index in [0.29, 0.717) is 12.8 Å². The minimum absolute atomic E-state index is 0.264. The standard InChI is InChI=1S/C19H23NO4/c1-24-17-12-10-15(11-13-17)14-6-8-16(9-7-14)18(21)4-2-3-5-19(22)20-23/h6-13,18,21,23H,2-5H2,1H3,(H,20,22)/t18-/m1/s1. The lowest BCUT2D eigenvalue weighted by molar-refractivity contribution is -0.129. The van der Waals surface area contributed by atoms with Crippen LogP contribution in [0.4, 0.5) is 0 Å². The third-order valence-electron chi connectivity index (χ3n) is 3.97. The van der Waals surface area contributed by atoms with Crippen LogP contribution in [0.3, 0.4) is 0 Å². The molecule has 0 bridgehead atoms. The van der Waals surface area contributed by atoms with Crippen LogP contribution in [0.25, 0.3) is 11.1 Å². The number of hydroxylamine groups is 1. The van der Waals surface area contributed by atoms with Gasteiger partial charge in [-0.1, -0.05) is 42.8 Å². The summed E-state index contributed by atoms with van der Waals surface area (Å²) in [7, 11) is 1.64. The molecule has 0 aliphatic rings. The van der Waals surface area contributed by atoms with Crippen molar-refractivity contribution in [2.24, 2.45) is 0 Å². The van der Waals surface area contributed by atoms with Crippen molar-refractivity contribution in [2.75, 3.05) is 7.11 Å². The fourth-order valence-corrected chi connectivity index (χ4v) is 2.53. The molecule has 0 aliphatic carbocycles. The van der Waals surface area contributed by atoms with Gasteiger partial charge in [-0.2, -0.15) is 0 Å². The number of hydrogen-bond donors (Lipinski definition) is 3. The fourth-order valence-electron chi connectivity index (χ4n) is 2.53. The average molecular weight is 329 g/mol. The average Bonchev–Trinajstić information content (AvgIpc) is 2.65. The highest BCUT2D eigenvalue weighted by Crippen LogP contribution is 2.26. The van der Waals surface area contributed by atoms with Crippen molar-refractivity contribution in [3.8, 4) is 16.9 Å². The second-order valence-corrected chi connectivity index (χ2v) is 5.65. The molecule has 0 unspecified atom stereocenters. The number of ether oxygens (including phenoxy) is 1. The van der Waals surface area contributed by atoms with Gasteiger partial charge in [0.1, 0.15) is 5.75 Å². The van der Waals surface area contributed by atoms with Crippen LogP contribution in [0.2, 0.25) is 0 Å². The Balaban J connectivity index is 1.89. The normalized spacial score (nSPS) is 11.8. The second kappa shape index (κ2) is 9.05. The summed E-state index contributed by atoms with van der Waals surface area (Å²) in [5.74, 6) is 0.425. The Labute approximate surface area is 141 Å². The Bertz CT molecular complexity index is 637. The van der Waals surface area contributed by atoms with E-state index in [1.165, 1.54) is 0 Å². The lowest BCUT2D eigenvalue weighted by atomic mass is 9.99. The molecule has 1 amide bonds. The third kappa shape index (κ3) is 5.08. The van der Waals surface area contributed by atoms with Crippen LogP contribution >= 0.6 is 0 Å². The van der Waals surface area contributed by atoms with E-state index in [2.05, 4.69) is 0 Å². The summed E-state index contributed by atoms with van der Waals surface area (Å²) < 4.78 is 5.15. The Hall–Kier alpha value is -2.37. The van der Waals surface area contributed by atoms with Gasteiger partial charge in [0.2, 0.25) is 5.91 Å². The van der Waals surface area contributed by atoms with Crippen molar-refractivity contribution in [2.45, 2.75) is 31.8 Å². The van der Waals surface area contributed by atoms with Crippen molar-refractivity contribution in [1.29, 1.82) is 0 Å². The van der Waals surface area contributed by atoms with E-state index in [1.54, 1.807) is 12.6 Å². The van der Waals surface area contributed by atoms with Crippen LogP contribution in [0.5, 0.6) is 5.75 Å². The van der Waals surface area contributed by atoms with Crippen LogP contribution in [0.1, 0.15) is 37.4 Å². The van der Waals surface area contributed by atoms with Gasteiger partial charge in [0, 0.05) is 6.42 Å². The first-order chi connectivity index (χ1) is 11.6. The number of aliphatic hydroxyl groups excluding tert-OH is 1. The first-order valence-electron chi connectivity index (χ1n) is 7.99. The molecule has 0 heterocycles. The molecule has 0 saturated heterocycles. The van der Waals surface area contributed by atoms with Crippen LogP contribution in [-0.2, 0) is 4.79 Å². The SMILES string of the molecule is COc1ccc(-c2ccc([C@H](O)CCCCC(=O)NO)cc2)cc1. The molecule has 0 fully saturated rings. The summed E-state index contributed by atoms with van der Waals surface area (Å²) in [5, 5.41) is 18.6. The number of hydrogen-bond acceptors (Lipinski definition) is 4. The van der Waals surface area contributed by atoms with Crippen molar-refractivity contribution >= 4 is 5.91 Å². The zero-order valence-corrected chi connectivity index (χ0v) is 13.7. The molecule has 2 aromatic carbocycles. The topological polar surface area (TPSA) is 78.8 Å². The molecule has 0 saturated carbocycles. The number of carbonyl (C=O) groups is 1. The molecule has 1 atom stereocenters. The summed E-state index contributed by atoms with van der Waals surface area (Å²) >= 11 is 0. The molecule has 0 aromatic heterocycles. The molecular weight excluding hydrogens is 306 g/mol. The van der Waals surface area contributed by atoms with Crippen LogP contribution in [-0.4, -0.2) is 23.3 Å². The van der Waals surface area contributed by atoms with E-state index >= 15 is 0 Å². The largest absolute Gasteiger partial charge is 0.497 e. The Morgan fingerprint density at radius 1 is 1.04 bits per heavy atom. The molecule has 24 heavy (non-hydrogen) atoms. The van der Waals surface area contributed by atoms with Gasteiger partial charge in [0.05, 0.1) is 13.2 Å². The Morgan fingerprint density at radius 2 is 1.62 bits per heavy atom. The van der Waals surface area contributed by atoms with Gasteiger partial charge < -0.3 is 9.84 Å². The maximum Gasteiger partial charge on any atom is 0.243 e. The van der Waals surface area contributed by atoms with E-state index in [1.807, 2.05) is 48.5 Å². The predicted molar refractivity (Wildman–Crippen MR) is 91.8 cm³/mol. The highest BCUT2D eigenvalue weighted by molar-refractivity contribution is 5.74. The minimum Gasteiger partial charge on any atom is -0.497 e. The molecule has 0 aliphatic heterocycles. The van der Waals surface area contributed by atoms with E-state index in [0.717, 1.165) is 28.9 Å². The van der Waals surface area contributed by atoms with Crippen LogP contribution in [0, 0.1) is 0 Å². The zero-order valence-electron chi connectivity index (χ0n) is 13.7. The fraction of sp³-hybridized carbons (Fsp3) is 0.316. The number of rotatable bonds is 8. The molecule has 2 aromatic rings. The van der Waals surface area contributed by atoms with Gasteiger partial charge in [-0.05, 0) is 41.7 Å². The summed E-state index contributed by atoms with van der Waals surface area (Å²) in [6, 6.07) is 15.6. The first-order valence-corrected chi connectivity index (χ1v) is 7.99. The number of aliphatic hydroxyl groups is 1. The number of unbranched alkanes of at least 4 members (excludes halogenated alkanes) is 1. The van der Waals surface area contributed by atoms with Crippen molar-refractivity contribution in [3.63, 3.8) is 0 Å². The maximum atomic E-state index is 10.9. The molecule has 5 heteroatoms. The predicted octanol–water partition coefficient (Wildman–Crippen LogP) is 3.46. The van der Waals surface area contributed by atoms with Gasteiger partial charge in [-0.15, -0.1) is 0 Å². The number of benzene rings is 2. The number of amides is 1. The Morgan fingerprint density at radius 3 is 2.17 bits per heavy atom. The molecular formula is C19H23NO4. The van der Waals surface area contributed by atoms with E-state index < -0.39 is 12.0 Å². The lowest BCUT2D eigenvalue weighted by Crippen LogP contribution is -2.17. The molecule has 0 radical (unpaired) electrons. The Kier molecular flexibility index (Phi) is 6.78. The molecule has 128 valence electrons. The zero-order chi connectivity index (χ0) is 17.4. The van der Waals surface area contributed by atoms with Crippen molar-refractivity contribution < 1.29 is 19.8 Å². The number of nitrogens with one attached hydrogen (secondary N) is 1. The summed E-state index contributed by atoms with van der Waals surface area (Å²) in [6.07, 6.45) is 1.65. The van der Waals surface area contributed by atoms with E-state index in [-0.39, 0.29) is 6.42 Å². The van der Waals surface area contributed by atoms with E-state index in [4.69, 9.17) is 9.94 Å². The van der Waals surface area contributed by atoms with Crippen LogP contribution in [0.15, 0.2) is 48.5 Å². The van der Waals surface area contributed by atoms with Gasteiger partial charge in [0.15, 0.2) is 0 Å². The molecule has 2 rings (SSSR count). The summed E-state index contributed by atoms with van der Waals surface area (Å²) in [4.78, 5) is 10.9. The van der Waals surface area contributed by atoms with Gasteiger partial charge in [0.25, 0.3) is 0 Å². The second-order valence-electron chi connectivity index (χ2n) is 5.65. The van der Waals surface area contributed by atoms with Crippen LogP contribution < -0.4 is 10.2 Å².